The van der Waals surface area contributed by atoms with Gasteiger partial charge in [0.05, 0.1) is 0 Å². The Hall–Kier alpha value is -1.29. The second-order valence-corrected chi connectivity index (χ2v) is 3.47. The third kappa shape index (κ3) is 1.72. The van der Waals surface area contributed by atoms with Crippen molar-refractivity contribution >= 4 is 11.3 Å². The average molecular weight is 191 g/mol. The summed E-state index contributed by atoms with van der Waals surface area (Å²) in [6, 6.07) is 0. The highest BCUT2D eigenvalue weighted by atomic mass is 32.1. The van der Waals surface area contributed by atoms with Crippen molar-refractivity contribution in [2.45, 2.75) is 13.3 Å². The Bertz CT molecular complexity index is 366. The Balaban J connectivity index is 2.33. The lowest BCUT2D eigenvalue weighted by molar-refractivity contribution is 0.941. The first kappa shape index (κ1) is 8.31. The van der Waals surface area contributed by atoms with Crippen molar-refractivity contribution < 1.29 is 0 Å². The Morgan fingerprint density at radius 2 is 2.00 bits per heavy atom. The van der Waals surface area contributed by atoms with Crippen LogP contribution in [0.1, 0.15) is 12.7 Å². The summed E-state index contributed by atoms with van der Waals surface area (Å²) in [5.41, 5.74) is 0.993. The largest absolute Gasteiger partial charge is 0.244 e. The van der Waals surface area contributed by atoms with E-state index in [1.165, 1.54) is 0 Å². The van der Waals surface area contributed by atoms with E-state index in [2.05, 4.69) is 15.0 Å². The Morgan fingerprint density at radius 1 is 1.23 bits per heavy atom. The molecule has 0 spiro atoms. The number of rotatable bonds is 2. The molecule has 2 rings (SSSR count). The second kappa shape index (κ2) is 3.62. The standard InChI is InChI=1S/C9H9N3S/c1-2-8-11-5-7(6-12-8)9-10-3-4-13-9/h3-6H,2H2,1H3. The molecule has 0 amide bonds. The van der Waals surface area contributed by atoms with Crippen molar-refractivity contribution in [3.05, 3.63) is 29.8 Å². The molecule has 0 atom stereocenters. The van der Waals surface area contributed by atoms with Gasteiger partial charge in [0.15, 0.2) is 0 Å². The van der Waals surface area contributed by atoms with Gasteiger partial charge in [0.25, 0.3) is 0 Å². The highest BCUT2D eigenvalue weighted by Gasteiger charge is 2.00. The first-order valence-electron chi connectivity index (χ1n) is 4.11. The maximum Gasteiger partial charge on any atom is 0.127 e. The monoisotopic (exact) mass is 191 g/mol. The van der Waals surface area contributed by atoms with Crippen molar-refractivity contribution in [2.24, 2.45) is 0 Å². The number of thiazole rings is 1. The molecule has 2 aromatic heterocycles. The minimum Gasteiger partial charge on any atom is -0.244 e. The second-order valence-electron chi connectivity index (χ2n) is 2.58. The third-order valence-corrected chi connectivity index (χ3v) is 2.52. The van der Waals surface area contributed by atoms with Gasteiger partial charge in [-0.15, -0.1) is 11.3 Å². The zero-order valence-corrected chi connectivity index (χ0v) is 8.08. The Kier molecular flexibility index (Phi) is 2.31. The van der Waals surface area contributed by atoms with Crippen LogP contribution in [0.5, 0.6) is 0 Å². The number of aryl methyl sites for hydroxylation is 1. The lowest BCUT2D eigenvalue weighted by atomic mass is 10.3. The normalized spacial score (nSPS) is 10.2. The van der Waals surface area contributed by atoms with E-state index in [1.54, 1.807) is 17.5 Å². The average Bonchev–Trinajstić information content (AvgIpc) is 2.71. The highest BCUT2D eigenvalue weighted by molar-refractivity contribution is 7.13. The predicted octanol–water partition coefficient (Wildman–Crippen LogP) is 2.16. The molecule has 0 aliphatic heterocycles. The number of hydrogen-bond donors (Lipinski definition) is 0. The smallest absolute Gasteiger partial charge is 0.127 e. The van der Waals surface area contributed by atoms with Crippen LogP contribution >= 0.6 is 11.3 Å². The molecule has 0 saturated heterocycles. The maximum atomic E-state index is 4.21. The molecule has 0 aromatic carbocycles. The summed E-state index contributed by atoms with van der Waals surface area (Å²) < 4.78 is 0. The fourth-order valence-corrected chi connectivity index (χ4v) is 1.63. The first-order valence-corrected chi connectivity index (χ1v) is 4.99. The first-order chi connectivity index (χ1) is 6.40. The van der Waals surface area contributed by atoms with E-state index in [-0.39, 0.29) is 0 Å². The van der Waals surface area contributed by atoms with Crippen LogP contribution in [0.3, 0.4) is 0 Å². The van der Waals surface area contributed by atoms with Crippen LogP contribution in [0.2, 0.25) is 0 Å². The molecule has 0 N–H and O–H groups in total. The molecule has 3 nitrogen and oxygen atoms in total. The Labute approximate surface area is 80.5 Å². The van der Waals surface area contributed by atoms with Gasteiger partial charge < -0.3 is 0 Å². The van der Waals surface area contributed by atoms with Gasteiger partial charge in [0.2, 0.25) is 0 Å². The summed E-state index contributed by atoms with van der Waals surface area (Å²) >= 11 is 1.60. The lowest BCUT2D eigenvalue weighted by Crippen LogP contribution is -1.91. The molecule has 0 bridgehead atoms. The minimum atomic E-state index is 0.873. The quantitative estimate of drug-likeness (QED) is 0.730. The third-order valence-electron chi connectivity index (χ3n) is 1.70. The number of nitrogens with zero attached hydrogens (tertiary/aromatic N) is 3. The van der Waals surface area contributed by atoms with Crippen LogP contribution in [0.15, 0.2) is 24.0 Å². The summed E-state index contributed by atoms with van der Waals surface area (Å²) in [6.45, 7) is 2.04. The molecule has 0 saturated carbocycles. The summed E-state index contributed by atoms with van der Waals surface area (Å²) in [5.74, 6) is 0.875. The van der Waals surface area contributed by atoms with Crippen molar-refractivity contribution in [3.63, 3.8) is 0 Å². The molecule has 66 valence electrons. The van der Waals surface area contributed by atoms with Crippen LogP contribution in [-0.2, 0) is 6.42 Å². The zero-order valence-electron chi connectivity index (χ0n) is 7.27. The number of aromatic nitrogens is 3. The summed E-state index contributed by atoms with van der Waals surface area (Å²) in [7, 11) is 0. The topological polar surface area (TPSA) is 38.7 Å². The van der Waals surface area contributed by atoms with E-state index in [0.717, 1.165) is 22.8 Å². The van der Waals surface area contributed by atoms with Gasteiger partial charge in [-0.3, -0.25) is 0 Å². The van der Waals surface area contributed by atoms with Gasteiger partial charge in [0, 0.05) is 36.0 Å². The van der Waals surface area contributed by atoms with Gasteiger partial charge >= 0.3 is 0 Å². The molecule has 0 fully saturated rings. The van der Waals surface area contributed by atoms with Crippen molar-refractivity contribution in [3.8, 4) is 10.6 Å². The molecular formula is C9H9N3S. The molecule has 0 aliphatic rings. The summed E-state index contributed by atoms with van der Waals surface area (Å²) in [6.07, 6.45) is 6.31. The lowest BCUT2D eigenvalue weighted by Gasteiger charge is -1.96. The number of hydrogen-bond acceptors (Lipinski definition) is 4. The molecule has 0 radical (unpaired) electrons. The van der Waals surface area contributed by atoms with Crippen molar-refractivity contribution in [1.29, 1.82) is 0 Å². The molecule has 4 heteroatoms. The Morgan fingerprint density at radius 3 is 2.54 bits per heavy atom. The molecule has 2 heterocycles. The highest BCUT2D eigenvalue weighted by Crippen LogP contribution is 2.19. The van der Waals surface area contributed by atoms with E-state index in [4.69, 9.17) is 0 Å². The van der Waals surface area contributed by atoms with Crippen LogP contribution < -0.4 is 0 Å². The van der Waals surface area contributed by atoms with Gasteiger partial charge in [-0.1, -0.05) is 6.92 Å². The van der Waals surface area contributed by atoms with Gasteiger partial charge in [0.1, 0.15) is 10.8 Å². The molecule has 2 aromatic rings. The van der Waals surface area contributed by atoms with E-state index in [9.17, 15) is 0 Å². The summed E-state index contributed by atoms with van der Waals surface area (Å²) in [5, 5.41) is 2.92. The van der Waals surface area contributed by atoms with Crippen molar-refractivity contribution in [2.75, 3.05) is 0 Å². The zero-order chi connectivity index (χ0) is 9.10. The van der Waals surface area contributed by atoms with Crippen LogP contribution in [0.4, 0.5) is 0 Å². The van der Waals surface area contributed by atoms with Gasteiger partial charge in [-0.25, -0.2) is 15.0 Å². The molecule has 0 aliphatic carbocycles. The maximum absolute atomic E-state index is 4.21. The van der Waals surface area contributed by atoms with Gasteiger partial charge in [-0.05, 0) is 0 Å². The van der Waals surface area contributed by atoms with E-state index >= 15 is 0 Å². The minimum absolute atomic E-state index is 0.873. The van der Waals surface area contributed by atoms with E-state index in [0.29, 0.717) is 0 Å². The van der Waals surface area contributed by atoms with Crippen LogP contribution in [-0.4, -0.2) is 15.0 Å². The molecule has 0 unspecified atom stereocenters. The fourth-order valence-electron chi connectivity index (χ4n) is 1.01. The van der Waals surface area contributed by atoms with Crippen LogP contribution in [0, 0.1) is 0 Å². The van der Waals surface area contributed by atoms with Crippen molar-refractivity contribution in [1.82, 2.24) is 15.0 Å². The van der Waals surface area contributed by atoms with E-state index in [1.807, 2.05) is 24.7 Å². The molecular weight excluding hydrogens is 182 g/mol. The fraction of sp³-hybridized carbons (Fsp3) is 0.222. The van der Waals surface area contributed by atoms with Gasteiger partial charge in [-0.2, -0.15) is 0 Å². The predicted molar refractivity (Wildman–Crippen MR) is 52.5 cm³/mol. The summed E-state index contributed by atoms with van der Waals surface area (Å²) in [4.78, 5) is 12.6. The SMILES string of the molecule is CCc1ncc(-c2nccs2)cn1. The van der Waals surface area contributed by atoms with Crippen LogP contribution in [0.25, 0.3) is 10.6 Å². The molecule has 13 heavy (non-hydrogen) atoms. The van der Waals surface area contributed by atoms with E-state index < -0.39 is 0 Å².